The van der Waals surface area contributed by atoms with Gasteiger partial charge in [0, 0.05) is 5.70 Å². The highest BCUT2D eigenvalue weighted by Crippen LogP contribution is 2.29. The Kier molecular flexibility index (Phi) is 4.97. The summed E-state index contributed by atoms with van der Waals surface area (Å²) in [5.41, 5.74) is 1.58. The lowest BCUT2D eigenvalue weighted by Crippen LogP contribution is -2.45. The van der Waals surface area contributed by atoms with E-state index in [1.165, 1.54) is 0 Å². The lowest BCUT2D eigenvalue weighted by Gasteiger charge is -2.26. The monoisotopic (exact) mass is 356 g/mol. The van der Waals surface area contributed by atoms with E-state index in [1.807, 2.05) is 12.1 Å². The molecule has 7 nitrogen and oxygen atoms in total. The Labute approximate surface area is 151 Å². The first-order valence-corrected chi connectivity index (χ1v) is 8.12. The molecule has 7 heteroatoms. The van der Waals surface area contributed by atoms with Gasteiger partial charge >= 0.3 is 12.0 Å². The van der Waals surface area contributed by atoms with Gasteiger partial charge in [-0.05, 0) is 43.7 Å². The fourth-order valence-electron chi connectivity index (χ4n) is 2.73. The zero-order valence-electron chi connectivity index (χ0n) is 14.8. The van der Waals surface area contributed by atoms with Crippen LogP contribution in [0.1, 0.15) is 30.0 Å². The highest BCUT2D eigenvalue weighted by atomic mass is 16.5. The Hall–Kier alpha value is -3.22. The van der Waals surface area contributed by atoms with E-state index in [0.717, 1.165) is 11.3 Å². The molecule has 0 saturated carbocycles. The first-order chi connectivity index (χ1) is 12.5. The number of benzene rings is 1. The van der Waals surface area contributed by atoms with Crippen LogP contribution in [0.3, 0.4) is 0 Å². The molecule has 2 N–H and O–H groups in total. The molecule has 0 aliphatic carbocycles. The number of carbonyl (C=O) groups excluding carboxylic acids is 2. The van der Waals surface area contributed by atoms with Crippen LogP contribution in [0, 0.1) is 6.92 Å². The lowest BCUT2D eigenvalue weighted by atomic mass is 10.0. The van der Waals surface area contributed by atoms with Crippen LogP contribution >= 0.6 is 0 Å². The van der Waals surface area contributed by atoms with Gasteiger partial charge in [0.1, 0.15) is 29.9 Å². The number of rotatable bonds is 5. The average molecular weight is 356 g/mol. The smallest absolute Gasteiger partial charge is 0.338 e. The largest absolute Gasteiger partial charge is 0.497 e. The second-order valence-corrected chi connectivity index (χ2v) is 5.94. The second kappa shape index (κ2) is 7.35. The molecular formula is C19H20N2O5. The number of aryl methyl sites for hydroxylation is 1. The Balaban J connectivity index is 1.77. The normalized spacial score (nSPS) is 16.7. The summed E-state index contributed by atoms with van der Waals surface area (Å²) in [5, 5.41) is 5.30. The Morgan fingerprint density at radius 2 is 1.88 bits per heavy atom. The van der Waals surface area contributed by atoms with Gasteiger partial charge in [-0.2, -0.15) is 0 Å². The summed E-state index contributed by atoms with van der Waals surface area (Å²) < 4.78 is 16.1. The molecule has 2 amide bonds. The molecule has 3 rings (SSSR count). The van der Waals surface area contributed by atoms with Crippen molar-refractivity contribution in [3.8, 4) is 5.75 Å². The number of furan rings is 1. The van der Waals surface area contributed by atoms with Crippen LogP contribution in [0.5, 0.6) is 5.75 Å². The molecule has 0 saturated heterocycles. The van der Waals surface area contributed by atoms with Gasteiger partial charge in [0.05, 0.1) is 12.7 Å². The molecule has 26 heavy (non-hydrogen) atoms. The van der Waals surface area contributed by atoms with Crippen molar-refractivity contribution in [1.82, 2.24) is 10.6 Å². The Morgan fingerprint density at radius 3 is 2.50 bits per heavy atom. The van der Waals surface area contributed by atoms with Gasteiger partial charge < -0.3 is 24.5 Å². The molecule has 1 aliphatic rings. The number of carbonyl (C=O) groups is 2. The Morgan fingerprint density at radius 1 is 1.15 bits per heavy atom. The van der Waals surface area contributed by atoms with E-state index >= 15 is 0 Å². The van der Waals surface area contributed by atoms with E-state index in [9.17, 15) is 9.59 Å². The SMILES string of the molecule is COc1ccc(COC(=O)C2=C(C)NC(=O)NC2c2ccc(C)o2)cc1. The third-order valence-corrected chi connectivity index (χ3v) is 4.06. The van der Waals surface area contributed by atoms with E-state index < -0.39 is 18.0 Å². The number of hydrogen-bond donors (Lipinski definition) is 2. The van der Waals surface area contributed by atoms with Crippen LogP contribution in [0.15, 0.2) is 52.1 Å². The van der Waals surface area contributed by atoms with Crippen LogP contribution in [0.2, 0.25) is 0 Å². The number of hydrogen-bond acceptors (Lipinski definition) is 5. The third-order valence-electron chi connectivity index (χ3n) is 4.06. The summed E-state index contributed by atoms with van der Waals surface area (Å²) in [5.74, 6) is 1.38. The van der Waals surface area contributed by atoms with Crippen LogP contribution in [0.4, 0.5) is 4.79 Å². The molecule has 0 fully saturated rings. The molecule has 0 radical (unpaired) electrons. The minimum atomic E-state index is -0.694. The molecule has 2 heterocycles. The number of amides is 2. The summed E-state index contributed by atoms with van der Waals surface area (Å²) >= 11 is 0. The van der Waals surface area contributed by atoms with Gasteiger partial charge in [-0.1, -0.05) is 12.1 Å². The van der Waals surface area contributed by atoms with Crippen LogP contribution < -0.4 is 15.4 Å². The van der Waals surface area contributed by atoms with Crippen LogP contribution in [-0.4, -0.2) is 19.1 Å². The molecule has 1 aromatic carbocycles. The van der Waals surface area contributed by atoms with Crippen molar-refractivity contribution in [1.29, 1.82) is 0 Å². The molecule has 0 spiro atoms. The second-order valence-electron chi connectivity index (χ2n) is 5.94. The maximum Gasteiger partial charge on any atom is 0.338 e. The highest BCUT2D eigenvalue weighted by Gasteiger charge is 2.34. The summed E-state index contributed by atoms with van der Waals surface area (Å²) in [6.07, 6.45) is 0. The summed E-state index contributed by atoms with van der Waals surface area (Å²) in [7, 11) is 1.59. The van der Waals surface area contributed by atoms with Crippen molar-refractivity contribution in [3.63, 3.8) is 0 Å². The van der Waals surface area contributed by atoms with Gasteiger partial charge in [-0.15, -0.1) is 0 Å². The molecule has 2 aromatic rings. The topological polar surface area (TPSA) is 89.8 Å². The number of urea groups is 1. The molecule has 1 unspecified atom stereocenters. The molecular weight excluding hydrogens is 336 g/mol. The first-order valence-electron chi connectivity index (χ1n) is 8.12. The maximum atomic E-state index is 12.7. The van der Waals surface area contributed by atoms with Gasteiger partial charge in [0.2, 0.25) is 0 Å². The Bertz CT molecular complexity index is 851. The third kappa shape index (κ3) is 3.72. The number of esters is 1. The van der Waals surface area contributed by atoms with E-state index in [0.29, 0.717) is 22.8 Å². The highest BCUT2D eigenvalue weighted by molar-refractivity contribution is 5.94. The van der Waals surface area contributed by atoms with Crippen molar-refractivity contribution in [3.05, 3.63) is 64.8 Å². The van der Waals surface area contributed by atoms with Crippen LogP contribution in [-0.2, 0) is 16.1 Å². The van der Waals surface area contributed by atoms with Crippen molar-refractivity contribution >= 4 is 12.0 Å². The zero-order valence-corrected chi connectivity index (χ0v) is 14.8. The molecule has 136 valence electrons. The summed E-state index contributed by atoms with van der Waals surface area (Å²) in [6.45, 7) is 3.56. The van der Waals surface area contributed by atoms with Crippen molar-refractivity contribution in [2.75, 3.05) is 7.11 Å². The molecule has 1 aliphatic heterocycles. The van der Waals surface area contributed by atoms with E-state index in [4.69, 9.17) is 13.9 Å². The minimum Gasteiger partial charge on any atom is -0.497 e. The van der Waals surface area contributed by atoms with Gasteiger partial charge in [0.15, 0.2) is 0 Å². The van der Waals surface area contributed by atoms with Gasteiger partial charge in [0.25, 0.3) is 0 Å². The van der Waals surface area contributed by atoms with Crippen molar-refractivity contribution in [2.24, 2.45) is 0 Å². The number of allylic oxidation sites excluding steroid dienone is 1. The molecule has 1 atom stereocenters. The zero-order chi connectivity index (χ0) is 18.7. The predicted molar refractivity (Wildman–Crippen MR) is 93.3 cm³/mol. The van der Waals surface area contributed by atoms with Crippen LogP contribution in [0.25, 0.3) is 0 Å². The van der Waals surface area contributed by atoms with E-state index in [1.54, 1.807) is 45.2 Å². The van der Waals surface area contributed by atoms with E-state index in [-0.39, 0.29) is 6.61 Å². The number of methoxy groups -OCH3 is 1. The van der Waals surface area contributed by atoms with Gasteiger partial charge in [-0.3, -0.25) is 0 Å². The minimum absolute atomic E-state index is 0.109. The maximum absolute atomic E-state index is 12.7. The average Bonchev–Trinajstić information content (AvgIpc) is 3.06. The lowest BCUT2D eigenvalue weighted by molar-refractivity contribution is -0.140. The quantitative estimate of drug-likeness (QED) is 0.804. The number of nitrogens with one attached hydrogen (secondary N) is 2. The summed E-state index contributed by atoms with van der Waals surface area (Å²) in [4.78, 5) is 24.5. The standard InChI is InChI=1S/C19H20N2O5/c1-11-4-9-15(26-11)17-16(12(2)20-19(23)21-17)18(22)25-10-13-5-7-14(24-3)8-6-13/h4-9,17H,10H2,1-3H3,(H2,20,21,23). The fourth-order valence-corrected chi connectivity index (χ4v) is 2.73. The van der Waals surface area contributed by atoms with Gasteiger partial charge in [-0.25, -0.2) is 9.59 Å². The van der Waals surface area contributed by atoms with Crippen molar-refractivity contribution < 1.29 is 23.5 Å². The fraction of sp³-hybridized carbons (Fsp3) is 0.263. The predicted octanol–water partition coefficient (Wildman–Crippen LogP) is 2.97. The first kappa shape index (κ1) is 17.6. The van der Waals surface area contributed by atoms with Crippen molar-refractivity contribution in [2.45, 2.75) is 26.5 Å². The summed E-state index contributed by atoms with van der Waals surface area (Å²) in [6, 6.07) is 9.65. The number of ether oxygens (including phenoxy) is 2. The molecule has 1 aromatic heterocycles. The van der Waals surface area contributed by atoms with E-state index in [2.05, 4.69) is 10.6 Å². The molecule has 0 bridgehead atoms.